The van der Waals surface area contributed by atoms with Gasteiger partial charge in [-0.2, -0.15) is 9.78 Å². The third-order valence-corrected chi connectivity index (χ3v) is 5.72. The van der Waals surface area contributed by atoms with E-state index in [-0.39, 0.29) is 12.2 Å². The van der Waals surface area contributed by atoms with Crippen LogP contribution in [0.15, 0.2) is 35.4 Å². The highest BCUT2D eigenvalue weighted by Gasteiger charge is 2.28. The molecule has 2 unspecified atom stereocenters. The summed E-state index contributed by atoms with van der Waals surface area (Å²) in [6.07, 6.45) is 1.44. The Labute approximate surface area is 164 Å². The van der Waals surface area contributed by atoms with E-state index in [9.17, 15) is 0 Å². The minimum absolute atomic E-state index is 0.190. The highest BCUT2D eigenvalue weighted by Crippen LogP contribution is 2.26. The summed E-state index contributed by atoms with van der Waals surface area (Å²) < 4.78 is 14.2. The Morgan fingerprint density at radius 3 is 1.70 bits per heavy atom. The van der Waals surface area contributed by atoms with E-state index in [1.165, 1.54) is 0 Å². The molecule has 0 aliphatic heterocycles. The number of benzene rings is 1. The number of aromatic nitrogens is 3. The lowest BCUT2D eigenvalue weighted by molar-refractivity contribution is 0.193. The molecule has 148 valence electrons. The predicted octanol–water partition coefficient (Wildman–Crippen LogP) is 4.99. The fraction of sp³-hybridized carbons (Fsp3) is 0.526. The third kappa shape index (κ3) is 6.80. The van der Waals surface area contributed by atoms with Crippen molar-refractivity contribution in [1.29, 1.82) is 0 Å². The van der Waals surface area contributed by atoms with Gasteiger partial charge in [-0.15, -0.1) is 10.2 Å². The summed E-state index contributed by atoms with van der Waals surface area (Å²) in [5.74, 6) is 1.40. The molecule has 0 spiro atoms. The summed E-state index contributed by atoms with van der Waals surface area (Å²) in [5, 5.41) is 13.5. The second-order valence-corrected chi connectivity index (χ2v) is 17.5. The van der Waals surface area contributed by atoms with Crippen molar-refractivity contribution < 1.29 is 8.85 Å². The van der Waals surface area contributed by atoms with Crippen LogP contribution in [0.4, 0.5) is 0 Å². The molecular formula is C19H32N4O2Si2. The van der Waals surface area contributed by atoms with Gasteiger partial charge in [0, 0.05) is 0 Å². The minimum Gasteiger partial charge on any atom is -0.408 e. The normalized spacial score (nSPS) is 15.3. The van der Waals surface area contributed by atoms with Crippen molar-refractivity contribution in [1.82, 2.24) is 14.9 Å². The van der Waals surface area contributed by atoms with Crippen molar-refractivity contribution in [3.05, 3.63) is 47.5 Å². The number of nitrogens with zero attached hydrogens (tertiary/aromatic N) is 4. The Kier molecular flexibility index (Phi) is 6.90. The van der Waals surface area contributed by atoms with Gasteiger partial charge in [-0.25, -0.2) is 0 Å². The molecule has 8 heteroatoms. The van der Waals surface area contributed by atoms with Gasteiger partial charge in [-0.3, -0.25) is 0 Å². The third-order valence-electron chi connectivity index (χ3n) is 3.60. The highest BCUT2D eigenvalue weighted by atomic mass is 28.4. The van der Waals surface area contributed by atoms with Gasteiger partial charge in [0.2, 0.25) is 0 Å². The van der Waals surface area contributed by atoms with Crippen LogP contribution >= 0.6 is 0 Å². The van der Waals surface area contributed by atoms with E-state index in [1.807, 2.05) is 50.4 Å². The molecule has 0 amide bonds. The van der Waals surface area contributed by atoms with E-state index in [4.69, 9.17) is 8.85 Å². The number of rotatable bonds is 8. The molecule has 0 saturated heterocycles. The highest BCUT2D eigenvalue weighted by molar-refractivity contribution is 6.70. The molecule has 2 rings (SSSR count). The zero-order valence-electron chi connectivity index (χ0n) is 17.7. The average molecular weight is 405 g/mol. The molecule has 0 bridgehead atoms. The summed E-state index contributed by atoms with van der Waals surface area (Å²) in [6.45, 7) is 17.0. The van der Waals surface area contributed by atoms with Crippen LogP contribution < -0.4 is 0 Å². The lowest BCUT2D eigenvalue weighted by Gasteiger charge is -2.24. The number of hydrogen-bond donors (Lipinski definition) is 0. The number of hydrogen-bond acceptors (Lipinski definition) is 5. The van der Waals surface area contributed by atoms with Gasteiger partial charge in [0.15, 0.2) is 28.3 Å². The van der Waals surface area contributed by atoms with Gasteiger partial charge in [-0.1, -0.05) is 30.3 Å². The van der Waals surface area contributed by atoms with E-state index >= 15 is 0 Å². The van der Waals surface area contributed by atoms with Crippen molar-refractivity contribution in [2.24, 2.45) is 5.10 Å². The summed E-state index contributed by atoms with van der Waals surface area (Å²) >= 11 is 0. The standard InChI is InChI=1S/C19H32N4O2Si2/c1-15(24-26(3,4)5)18-21-22-19(16(2)25-27(6,7)8)23(18)20-14-17-12-10-9-11-13-17/h9-16H,1-8H3. The molecule has 27 heavy (non-hydrogen) atoms. The monoisotopic (exact) mass is 404 g/mol. The maximum atomic E-state index is 6.22. The van der Waals surface area contributed by atoms with Gasteiger partial charge in [0.1, 0.15) is 12.2 Å². The van der Waals surface area contributed by atoms with Gasteiger partial charge < -0.3 is 8.85 Å². The molecule has 1 heterocycles. The maximum Gasteiger partial charge on any atom is 0.184 e. The zero-order chi connectivity index (χ0) is 20.2. The Morgan fingerprint density at radius 2 is 1.30 bits per heavy atom. The summed E-state index contributed by atoms with van der Waals surface area (Å²) in [6, 6.07) is 9.99. The van der Waals surface area contributed by atoms with E-state index in [2.05, 4.69) is 54.6 Å². The Balaban J connectivity index is 2.40. The topological polar surface area (TPSA) is 61.5 Å². The average Bonchev–Trinajstić information content (AvgIpc) is 2.95. The van der Waals surface area contributed by atoms with Crippen LogP contribution in [0.1, 0.15) is 43.3 Å². The van der Waals surface area contributed by atoms with Crippen molar-refractivity contribution in [2.75, 3.05) is 0 Å². The van der Waals surface area contributed by atoms with E-state index in [1.54, 1.807) is 4.68 Å². The largest absolute Gasteiger partial charge is 0.408 e. The molecule has 1 aromatic heterocycles. The molecule has 2 atom stereocenters. The molecule has 0 saturated carbocycles. The Morgan fingerprint density at radius 1 is 0.852 bits per heavy atom. The quantitative estimate of drug-likeness (QED) is 0.459. The molecule has 0 fully saturated rings. The maximum absolute atomic E-state index is 6.22. The molecule has 2 aromatic rings. The van der Waals surface area contributed by atoms with Crippen LogP contribution in [0.5, 0.6) is 0 Å². The lowest BCUT2D eigenvalue weighted by atomic mass is 10.2. The van der Waals surface area contributed by atoms with E-state index in [0.29, 0.717) is 11.6 Å². The molecule has 0 aliphatic rings. The Hall–Kier alpha value is -1.62. The van der Waals surface area contributed by atoms with E-state index < -0.39 is 16.6 Å². The Bertz CT molecular complexity index is 725. The van der Waals surface area contributed by atoms with Crippen molar-refractivity contribution in [3.8, 4) is 0 Å². The predicted molar refractivity (Wildman–Crippen MR) is 115 cm³/mol. The smallest absolute Gasteiger partial charge is 0.184 e. The van der Waals surface area contributed by atoms with Gasteiger partial charge in [0.25, 0.3) is 0 Å². The zero-order valence-corrected chi connectivity index (χ0v) is 19.7. The van der Waals surface area contributed by atoms with Crippen molar-refractivity contribution >= 4 is 22.8 Å². The van der Waals surface area contributed by atoms with Crippen LogP contribution in [-0.2, 0) is 8.85 Å². The van der Waals surface area contributed by atoms with Crippen LogP contribution in [0.2, 0.25) is 39.3 Å². The lowest BCUT2D eigenvalue weighted by Crippen LogP contribution is -2.29. The summed E-state index contributed by atoms with van der Waals surface area (Å²) in [7, 11) is -3.45. The van der Waals surface area contributed by atoms with Crippen LogP contribution in [0, 0.1) is 0 Å². The molecule has 0 aliphatic carbocycles. The molecule has 0 N–H and O–H groups in total. The first-order valence-electron chi connectivity index (χ1n) is 9.36. The van der Waals surface area contributed by atoms with E-state index in [0.717, 1.165) is 5.56 Å². The first-order valence-corrected chi connectivity index (χ1v) is 16.2. The van der Waals surface area contributed by atoms with Crippen LogP contribution in [-0.4, -0.2) is 37.7 Å². The fourth-order valence-electron chi connectivity index (χ4n) is 2.76. The summed E-state index contributed by atoms with van der Waals surface area (Å²) in [5.41, 5.74) is 1.01. The van der Waals surface area contributed by atoms with Gasteiger partial charge in [-0.05, 0) is 58.7 Å². The van der Waals surface area contributed by atoms with Crippen molar-refractivity contribution in [2.45, 2.75) is 65.3 Å². The molecule has 6 nitrogen and oxygen atoms in total. The molecule has 1 aromatic carbocycles. The first kappa shape index (κ1) is 21.7. The van der Waals surface area contributed by atoms with Crippen LogP contribution in [0.3, 0.4) is 0 Å². The van der Waals surface area contributed by atoms with Crippen LogP contribution in [0.25, 0.3) is 0 Å². The molecule has 0 radical (unpaired) electrons. The molecular weight excluding hydrogens is 372 g/mol. The van der Waals surface area contributed by atoms with Crippen molar-refractivity contribution in [3.63, 3.8) is 0 Å². The summed E-state index contributed by atoms with van der Waals surface area (Å²) in [4.78, 5) is 0. The van der Waals surface area contributed by atoms with Gasteiger partial charge in [0.05, 0.1) is 6.21 Å². The SMILES string of the molecule is CC(O[Si](C)(C)C)c1nnc(C(C)O[Si](C)(C)C)n1N=Cc1ccccc1. The minimum atomic E-state index is -1.73. The fourth-order valence-corrected chi connectivity index (χ4v) is 5.09. The second kappa shape index (κ2) is 8.60. The second-order valence-electron chi connectivity index (χ2n) is 8.63. The van der Waals surface area contributed by atoms with Gasteiger partial charge >= 0.3 is 0 Å². The first-order chi connectivity index (χ1) is 12.5.